The van der Waals surface area contributed by atoms with Crippen molar-refractivity contribution in [3.8, 4) is 5.75 Å². The highest BCUT2D eigenvalue weighted by Crippen LogP contribution is 2.23. The summed E-state index contributed by atoms with van der Waals surface area (Å²) in [5.74, 6) is -1.25. The first-order valence-corrected chi connectivity index (χ1v) is 10.3. The quantitative estimate of drug-likeness (QED) is 0.435. The number of rotatable bonds is 0. The molecule has 7 nitrogen and oxygen atoms in total. The lowest BCUT2D eigenvalue weighted by Crippen LogP contribution is -2.53. The van der Waals surface area contributed by atoms with E-state index in [2.05, 4.69) is 23.2 Å². The lowest BCUT2D eigenvalue weighted by atomic mass is 10.0. The third-order valence-corrected chi connectivity index (χ3v) is 5.36. The van der Waals surface area contributed by atoms with E-state index < -0.39 is 17.1 Å². The number of carbonyl (C=O) groups is 1. The molecule has 0 aliphatic carbocycles. The molecule has 0 fully saturated rings. The van der Waals surface area contributed by atoms with Crippen molar-refractivity contribution >= 4 is 5.91 Å². The van der Waals surface area contributed by atoms with Crippen LogP contribution in [0.4, 0.5) is 4.39 Å². The smallest absolute Gasteiger partial charge is 0.278 e. The molecule has 164 valence electrons. The molecule has 2 bridgehead atoms. The summed E-state index contributed by atoms with van der Waals surface area (Å²) in [4.78, 5) is 29.5. The van der Waals surface area contributed by atoms with E-state index >= 15 is 0 Å². The van der Waals surface area contributed by atoms with Gasteiger partial charge in [0.25, 0.3) is 5.91 Å². The van der Waals surface area contributed by atoms with Crippen LogP contribution in [0.5, 0.6) is 5.75 Å². The van der Waals surface area contributed by atoms with Gasteiger partial charge in [0.2, 0.25) is 11.4 Å². The van der Waals surface area contributed by atoms with Crippen LogP contribution in [0, 0.1) is 5.95 Å². The number of hydrogen-bond acceptors (Lipinski definition) is 5. The van der Waals surface area contributed by atoms with Crippen molar-refractivity contribution in [3.63, 3.8) is 0 Å². The Labute approximate surface area is 184 Å². The topological polar surface area (TPSA) is 78.7 Å². The van der Waals surface area contributed by atoms with Crippen molar-refractivity contribution in [2.75, 3.05) is 18.2 Å². The summed E-state index contributed by atoms with van der Waals surface area (Å²) < 4.78 is 13.4. The Balaban J connectivity index is 0.000000300. The minimum atomic E-state index is -0.540. The number of benzene rings is 1. The van der Waals surface area contributed by atoms with Crippen molar-refractivity contribution in [1.29, 1.82) is 0 Å². The van der Waals surface area contributed by atoms with E-state index in [-0.39, 0.29) is 11.6 Å². The van der Waals surface area contributed by atoms with Gasteiger partial charge in [0.1, 0.15) is 6.67 Å². The third-order valence-electron chi connectivity index (χ3n) is 5.36. The molecule has 0 saturated carbocycles. The lowest BCUT2D eigenvalue weighted by Gasteiger charge is -2.39. The Kier molecular flexibility index (Phi) is 6.30. The zero-order valence-electron chi connectivity index (χ0n) is 17.4. The Morgan fingerprint density at radius 3 is 2.47 bits per heavy atom. The number of aromatic nitrogens is 2. The number of amides is 1. The van der Waals surface area contributed by atoms with Crippen molar-refractivity contribution in [2.45, 2.75) is 19.4 Å². The summed E-state index contributed by atoms with van der Waals surface area (Å²) in [7, 11) is 0. The van der Waals surface area contributed by atoms with Gasteiger partial charge in [-0.1, -0.05) is 42.5 Å². The summed E-state index contributed by atoms with van der Waals surface area (Å²) in [6.45, 7) is 1.44. The fraction of sp³-hybridized carbons (Fsp3) is 0.208. The van der Waals surface area contributed by atoms with E-state index in [1.165, 1.54) is 29.5 Å². The first kappa shape index (κ1) is 21.3. The molecule has 4 heterocycles. The molecule has 2 aliphatic heterocycles. The van der Waals surface area contributed by atoms with Gasteiger partial charge in [-0.15, -0.1) is 0 Å². The van der Waals surface area contributed by atoms with Crippen molar-refractivity contribution in [3.05, 3.63) is 106 Å². The van der Waals surface area contributed by atoms with E-state index in [4.69, 9.17) is 0 Å². The molecule has 1 aromatic carbocycles. The fourth-order valence-electron chi connectivity index (χ4n) is 3.75. The third kappa shape index (κ3) is 4.54. The molecule has 0 atom stereocenters. The maximum Gasteiger partial charge on any atom is 0.278 e. The van der Waals surface area contributed by atoms with E-state index in [1.54, 1.807) is 27.9 Å². The summed E-state index contributed by atoms with van der Waals surface area (Å²) >= 11 is 0. The molecular weight excluding hydrogens is 411 g/mol. The van der Waals surface area contributed by atoms with Crippen LogP contribution in [0.15, 0.2) is 77.9 Å². The molecule has 5 rings (SSSR count). The van der Waals surface area contributed by atoms with Gasteiger partial charge in [-0.2, -0.15) is 4.39 Å². The number of carbonyl (C=O) groups excluding carboxylic acids is 1. The SMILES string of the molecule is Fc1ccccn1.O=C1c2c(O)c(=O)ccn2N2Cc3ccccc3CC/C=C/CN1C2. The summed E-state index contributed by atoms with van der Waals surface area (Å²) in [5, 5.41) is 12.1. The molecule has 0 unspecified atom stereocenters. The molecule has 3 aromatic rings. The van der Waals surface area contributed by atoms with E-state index in [1.807, 2.05) is 23.2 Å². The minimum Gasteiger partial charge on any atom is -0.502 e. The number of nitrogens with zero attached hydrogens (tertiary/aromatic N) is 4. The second-order valence-corrected chi connectivity index (χ2v) is 7.49. The van der Waals surface area contributed by atoms with Crippen molar-refractivity contribution < 1.29 is 14.3 Å². The zero-order valence-corrected chi connectivity index (χ0v) is 17.4. The lowest BCUT2D eigenvalue weighted by molar-refractivity contribution is 0.0706. The van der Waals surface area contributed by atoms with Crippen LogP contribution < -0.4 is 10.4 Å². The number of aryl methyl sites for hydroxylation is 1. The number of aromatic hydroxyl groups is 1. The first-order valence-electron chi connectivity index (χ1n) is 10.3. The molecule has 1 N–H and O–H groups in total. The molecule has 2 aliphatic rings. The van der Waals surface area contributed by atoms with E-state index in [0.717, 1.165) is 12.8 Å². The number of hydrogen-bond donors (Lipinski definition) is 1. The van der Waals surface area contributed by atoms with Crippen LogP contribution in [0.25, 0.3) is 0 Å². The normalized spacial score (nSPS) is 16.1. The number of halogens is 1. The van der Waals surface area contributed by atoms with Crippen molar-refractivity contribution in [1.82, 2.24) is 14.6 Å². The monoisotopic (exact) mass is 434 g/mol. The second-order valence-electron chi connectivity index (χ2n) is 7.49. The highest BCUT2D eigenvalue weighted by Gasteiger charge is 2.32. The van der Waals surface area contributed by atoms with Gasteiger partial charge in [-0.25, -0.2) is 4.98 Å². The molecule has 2 aromatic heterocycles. The van der Waals surface area contributed by atoms with Crippen LogP contribution >= 0.6 is 0 Å². The van der Waals surface area contributed by atoms with Crippen LogP contribution in [0.1, 0.15) is 28.0 Å². The van der Waals surface area contributed by atoms with Crippen LogP contribution in [-0.4, -0.2) is 38.8 Å². The molecule has 32 heavy (non-hydrogen) atoms. The average molecular weight is 434 g/mol. The highest BCUT2D eigenvalue weighted by atomic mass is 19.1. The predicted octanol–water partition coefficient (Wildman–Crippen LogP) is 2.83. The zero-order chi connectivity index (χ0) is 22.5. The largest absolute Gasteiger partial charge is 0.502 e. The van der Waals surface area contributed by atoms with Crippen LogP contribution in [0.2, 0.25) is 0 Å². The summed E-state index contributed by atoms with van der Waals surface area (Å²) in [6, 6.07) is 14.1. The number of pyridine rings is 2. The average Bonchev–Trinajstić information content (AvgIpc) is 2.83. The molecule has 0 saturated heterocycles. The van der Waals surface area contributed by atoms with E-state index in [9.17, 15) is 19.1 Å². The van der Waals surface area contributed by atoms with Gasteiger partial charge >= 0.3 is 0 Å². The highest BCUT2D eigenvalue weighted by molar-refractivity contribution is 5.96. The standard InChI is InChI=1S/C19H19N3O3.C5H4FN/c23-16-9-11-22-17(18(16)24)19(25)20-10-5-1-2-6-14-7-3-4-8-15(14)12-21(22)13-20;6-5-3-1-2-4-7-5/h1,3-5,7-9,11,24H,2,6,10,12-13H2;1-4H/b5-1+;. The Morgan fingerprint density at radius 2 is 1.75 bits per heavy atom. The van der Waals surface area contributed by atoms with Gasteiger partial charge in [-0.3, -0.25) is 19.3 Å². The van der Waals surface area contributed by atoms with Gasteiger partial charge < -0.3 is 10.0 Å². The Morgan fingerprint density at radius 1 is 0.969 bits per heavy atom. The first-order chi connectivity index (χ1) is 15.5. The second kappa shape index (κ2) is 9.47. The molecule has 1 amide bonds. The maximum atomic E-state index is 12.7. The fourth-order valence-corrected chi connectivity index (χ4v) is 3.75. The molecule has 8 heteroatoms. The molecule has 0 radical (unpaired) electrons. The van der Waals surface area contributed by atoms with Gasteiger partial charge in [0.05, 0.1) is 6.54 Å². The molecular formula is C24H23FN4O3. The Hall–Kier alpha value is -3.94. The molecule has 0 spiro atoms. The number of allylic oxidation sites excluding steroid dienone is 1. The van der Waals surface area contributed by atoms with Crippen LogP contribution in [0.3, 0.4) is 0 Å². The van der Waals surface area contributed by atoms with Gasteiger partial charge in [0.15, 0.2) is 11.4 Å². The maximum absolute atomic E-state index is 12.7. The van der Waals surface area contributed by atoms with Crippen LogP contribution in [-0.2, 0) is 13.0 Å². The van der Waals surface area contributed by atoms with Gasteiger partial charge in [0, 0.05) is 25.0 Å². The number of fused-ring (bicyclic) bond motifs is 5. The summed E-state index contributed by atoms with van der Waals surface area (Å²) in [6.07, 6.45) is 8.87. The van der Waals surface area contributed by atoms with E-state index in [0.29, 0.717) is 19.8 Å². The minimum absolute atomic E-state index is 0.0314. The summed E-state index contributed by atoms with van der Waals surface area (Å²) in [5.41, 5.74) is 1.94. The van der Waals surface area contributed by atoms with Gasteiger partial charge in [-0.05, 0) is 36.1 Å². The predicted molar refractivity (Wildman–Crippen MR) is 118 cm³/mol. The van der Waals surface area contributed by atoms with Crippen molar-refractivity contribution in [2.24, 2.45) is 0 Å². The Bertz CT molecular complexity index is 1190.